The van der Waals surface area contributed by atoms with Gasteiger partial charge in [0.15, 0.2) is 16.1 Å². The van der Waals surface area contributed by atoms with Gasteiger partial charge in [0, 0.05) is 4.47 Å². The van der Waals surface area contributed by atoms with Crippen molar-refractivity contribution in [2.75, 3.05) is 0 Å². The average molecular weight is 397 g/mol. The molecule has 1 aliphatic heterocycles. The third kappa shape index (κ3) is 2.76. The molecule has 6 heteroatoms. The molecule has 0 amide bonds. The van der Waals surface area contributed by atoms with Crippen LogP contribution in [-0.2, 0) is 9.53 Å². The molecular formula is C14H7Br2NO3. The monoisotopic (exact) mass is 395 g/mol. The number of cyclic esters (lactones) is 1. The van der Waals surface area contributed by atoms with Crippen molar-refractivity contribution in [1.82, 2.24) is 0 Å². The summed E-state index contributed by atoms with van der Waals surface area (Å²) >= 11 is 6.57. The van der Waals surface area contributed by atoms with Crippen LogP contribution in [0.2, 0.25) is 0 Å². The van der Waals surface area contributed by atoms with Crippen molar-refractivity contribution in [2.45, 2.75) is 0 Å². The highest BCUT2D eigenvalue weighted by Crippen LogP contribution is 2.23. The zero-order valence-electron chi connectivity index (χ0n) is 9.97. The van der Waals surface area contributed by atoms with Gasteiger partial charge in [-0.1, -0.05) is 28.1 Å². The molecule has 0 N–H and O–H groups in total. The minimum atomic E-state index is -0.493. The van der Waals surface area contributed by atoms with Crippen molar-refractivity contribution in [3.8, 4) is 0 Å². The summed E-state index contributed by atoms with van der Waals surface area (Å²) < 4.78 is 11.9. The van der Waals surface area contributed by atoms with Gasteiger partial charge in [0.2, 0.25) is 0 Å². The second-order valence-corrected chi connectivity index (χ2v) is 5.69. The van der Waals surface area contributed by atoms with Gasteiger partial charge in [-0.05, 0) is 51.8 Å². The van der Waals surface area contributed by atoms with Gasteiger partial charge in [-0.25, -0.2) is 9.79 Å². The number of benzene rings is 1. The first-order valence-electron chi connectivity index (χ1n) is 5.66. The van der Waals surface area contributed by atoms with E-state index in [0.717, 1.165) is 10.0 Å². The van der Waals surface area contributed by atoms with Crippen LogP contribution in [0.1, 0.15) is 11.3 Å². The number of hydrogen-bond acceptors (Lipinski definition) is 4. The van der Waals surface area contributed by atoms with E-state index in [1.54, 1.807) is 18.2 Å². The van der Waals surface area contributed by atoms with E-state index in [9.17, 15) is 4.79 Å². The Balaban J connectivity index is 1.94. The topological polar surface area (TPSA) is 51.8 Å². The minimum Gasteiger partial charge on any atom is -0.444 e. The Labute approximate surface area is 131 Å². The smallest absolute Gasteiger partial charge is 0.363 e. The fraction of sp³-hybridized carbons (Fsp3) is 0. The molecule has 0 unspecified atom stereocenters. The fourth-order valence-corrected chi connectivity index (χ4v) is 2.42. The number of rotatable bonds is 2. The van der Waals surface area contributed by atoms with Crippen LogP contribution in [0.15, 0.2) is 60.6 Å². The lowest BCUT2D eigenvalue weighted by Crippen LogP contribution is -2.04. The van der Waals surface area contributed by atoms with Crippen LogP contribution >= 0.6 is 31.9 Å². The molecule has 0 saturated carbocycles. The van der Waals surface area contributed by atoms with E-state index in [1.165, 1.54) is 0 Å². The van der Waals surface area contributed by atoms with Crippen molar-refractivity contribution in [1.29, 1.82) is 0 Å². The summed E-state index contributed by atoms with van der Waals surface area (Å²) in [4.78, 5) is 15.9. The molecule has 2 heterocycles. The quantitative estimate of drug-likeness (QED) is 0.566. The number of carbonyl (C=O) groups is 1. The first-order valence-corrected chi connectivity index (χ1v) is 7.24. The Hall–Kier alpha value is -1.66. The largest absolute Gasteiger partial charge is 0.444 e. The highest BCUT2D eigenvalue weighted by atomic mass is 79.9. The number of nitrogens with zero attached hydrogens (tertiary/aromatic N) is 1. The van der Waals surface area contributed by atoms with E-state index in [0.29, 0.717) is 10.4 Å². The number of esters is 1. The summed E-state index contributed by atoms with van der Waals surface area (Å²) in [6, 6.07) is 10.9. The molecule has 1 aliphatic rings. The summed E-state index contributed by atoms with van der Waals surface area (Å²) in [5, 5.41) is 0. The maximum Gasteiger partial charge on any atom is 0.363 e. The first-order chi connectivity index (χ1) is 9.61. The number of furan rings is 1. The van der Waals surface area contributed by atoms with Crippen molar-refractivity contribution in [2.24, 2.45) is 4.99 Å². The fourth-order valence-electron chi connectivity index (χ4n) is 1.70. The van der Waals surface area contributed by atoms with Gasteiger partial charge in [-0.2, -0.15) is 0 Å². The molecule has 2 aromatic rings. The molecular weight excluding hydrogens is 390 g/mol. The van der Waals surface area contributed by atoms with Gasteiger partial charge in [-0.3, -0.25) is 0 Å². The number of hydrogen-bond donors (Lipinski definition) is 0. The SMILES string of the molecule is O=C1OC(c2ccc(Br)o2)=N/C1=C\c1cccc(Br)c1. The van der Waals surface area contributed by atoms with Crippen LogP contribution in [0, 0.1) is 0 Å². The van der Waals surface area contributed by atoms with Gasteiger partial charge in [0.05, 0.1) is 0 Å². The second kappa shape index (κ2) is 5.38. The molecule has 3 rings (SSSR count). The lowest BCUT2D eigenvalue weighted by Gasteiger charge is -1.94. The van der Waals surface area contributed by atoms with Gasteiger partial charge in [0.1, 0.15) is 0 Å². The summed E-state index contributed by atoms with van der Waals surface area (Å²) in [5.41, 5.74) is 1.10. The molecule has 0 bridgehead atoms. The molecule has 100 valence electrons. The maximum absolute atomic E-state index is 11.8. The van der Waals surface area contributed by atoms with Gasteiger partial charge in [-0.15, -0.1) is 0 Å². The molecule has 1 aromatic heterocycles. The van der Waals surface area contributed by atoms with E-state index in [1.807, 2.05) is 24.3 Å². The predicted octanol–water partition coefficient (Wildman–Crippen LogP) is 4.15. The zero-order chi connectivity index (χ0) is 14.1. The number of aliphatic imine (C=N–C) groups is 1. The van der Waals surface area contributed by atoms with Gasteiger partial charge < -0.3 is 9.15 Å². The Morgan fingerprint density at radius 1 is 1.15 bits per heavy atom. The summed E-state index contributed by atoms with van der Waals surface area (Å²) in [7, 11) is 0. The Kier molecular flexibility index (Phi) is 3.58. The minimum absolute atomic E-state index is 0.168. The van der Waals surface area contributed by atoms with Gasteiger partial charge >= 0.3 is 5.97 Å². The Morgan fingerprint density at radius 2 is 2.00 bits per heavy atom. The average Bonchev–Trinajstić information content (AvgIpc) is 2.97. The van der Waals surface area contributed by atoms with Gasteiger partial charge in [0.25, 0.3) is 5.90 Å². The van der Waals surface area contributed by atoms with Crippen LogP contribution in [-0.4, -0.2) is 11.9 Å². The molecule has 0 spiro atoms. The number of carbonyl (C=O) groups excluding carboxylic acids is 1. The first kappa shape index (κ1) is 13.3. The van der Waals surface area contributed by atoms with Crippen LogP contribution < -0.4 is 0 Å². The normalized spacial score (nSPS) is 16.4. The van der Waals surface area contributed by atoms with Crippen molar-refractivity contribution in [3.05, 3.63) is 62.6 Å². The summed E-state index contributed by atoms with van der Waals surface area (Å²) in [6.07, 6.45) is 1.66. The summed E-state index contributed by atoms with van der Waals surface area (Å²) in [5.74, 6) is 0.0808. The van der Waals surface area contributed by atoms with Crippen molar-refractivity contribution < 1.29 is 13.9 Å². The number of halogens is 2. The highest BCUT2D eigenvalue weighted by molar-refractivity contribution is 9.10. The molecule has 1 aromatic carbocycles. The van der Waals surface area contributed by atoms with E-state index < -0.39 is 5.97 Å². The third-order valence-electron chi connectivity index (χ3n) is 2.56. The van der Waals surface area contributed by atoms with Crippen molar-refractivity contribution >= 4 is 49.8 Å². The van der Waals surface area contributed by atoms with Crippen LogP contribution in [0.4, 0.5) is 0 Å². The third-order valence-corrected chi connectivity index (χ3v) is 3.48. The van der Waals surface area contributed by atoms with Crippen LogP contribution in [0.5, 0.6) is 0 Å². The molecule has 4 nitrogen and oxygen atoms in total. The summed E-state index contributed by atoms with van der Waals surface area (Å²) in [6.45, 7) is 0. The van der Waals surface area contributed by atoms with Crippen molar-refractivity contribution in [3.63, 3.8) is 0 Å². The predicted molar refractivity (Wildman–Crippen MR) is 81.2 cm³/mol. The molecule has 20 heavy (non-hydrogen) atoms. The van der Waals surface area contributed by atoms with E-state index in [2.05, 4.69) is 36.9 Å². The van der Waals surface area contributed by atoms with E-state index >= 15 is 0 Å². The lowest BCUT2D eigenvalue weighted by atomic mass is 10.2. The van der Waals surface area contributed by atoms with Crippen LogP contribution in [0.3, 0.4) is 0 Å². The highest BCUT2D eigenvalue weighted by Gasteiger charge is 2.26. The molecule has 0 radical (unpaired) electrons. The second-order valence-electron chi connectivity index (χ2n) is 3.99. The molecule has 0 aliphatic carbocycles. The number of ether oxygens (including phenoxy) is 1. The zero-order valence-corrected chi connectivity index (χ0v) is 13.1. The van der Waals surface area contributed by atoms with E-state index in [4.69, 9.17) is 9.15 Å². The molecule has 0 fully saturated rings. The molecule has 0 saturated heterocycles. The lowest BCUT2D eigenvalue weighted by molar-refractivity contribution is -0.130. The molecule has 0 atom stereocenters. The van der Waals surface area contributed by atoms with Crippen LogP contribution in [0.25, 0.3) is 6.08 Å². The standard InChI is InChI=1S/C14H7Br2NO3/c15-9-3-1-2-8(6-9)7-10-14(18)20-13(17-10)11-4-5-12(16)19-11/h1-7H/b10-7-. The van der Waals surface area contributed by atoms with E-state index in [-0.39, 0.29) is 11.6 Å². The Bertz CT molecular complexity index is 746. The Morgan fingerprint density at radius 3 is 2.70 bits per heavy atom. The maximum atomic E-state index is 11.8.